The zero-order chi connectivity index (χ0) is 14.8. The molecule has 1 aromatic heterocycles. The Balaban J connectivity index is 2.16. The van der Waals surface area contributed by atoms with Gasteiger partial charge in [-0.25, -0.2) is 4.79 Å². The summed E-state index contributed by atoms with van der Waals surface area (Å²) in [6, 6.07) is 15.5. The summed E-state index contributed by atoms with van der Waals surface area (Å²) in [5.74, 6) is 0. The van der Waals surface area contributed by atoms with Crippen molar-refractivity contribution in [1.29, 1.82) is 0 Å². The Morgan fingerprint density at radius 1 is 1.05 bits per heavy atom. The Labute approximate surface area is 123 Å². The molecule has 3 heteroatoms. The highest BCUT2D eigenvalue weighted by Gasteiger charge is 2.10. The van der Waals surface area contributed by atoms with Crippen LogP contribution in [0.15, 0.2) is 57.7 Å². The van der Waals surface area contributed by atoms with Gasteiger partial charge in [0.2, 0.25) is 0 Å². The van der Waals surface area contributed by atoms with E-state index in [1.165, 1.54) is 0 Å². The fraction of sp³-hybridized carbons (Fsp3) is 0.167. The summed E-state index contributed by atoms with van der Waals surface area (Å²) in [5.41, 5.74) is 3.95. The van der Waals surface area contributed by atoms with Crippen LogP contribution in [0, 0.1) is 6.92 Å². The molecule has 3 aromatic rings. The minimum absolute atomic E-state index is 0.298. The van der Waals surface area contributed by atoms with Gasteiger partial charge < -0.3 is 9.73 Å². The van der Waals surface area contributed by atoms with Crippen molar-refractivity contribution in [2.24, 2.45) is 0 Å². The van der Waals surface area contributed by atoms with E-state index in [0.717, 1.165) is 28.7 Å². The van der Waals surface area contributed by atoms with E-state index in [4.69, 9.17) is 4.42 Å². The van der Waals surface area contributed by atoms with Crippen LogP contribution >= 0.6 is 0 Å². The second-order valence-corrected chi connectivity index (χ2v) is 5.05. The van der Waals surface area contributed by atoms with Gasteiger partial charge in [-0.3, -0.25) is 0 Å². The third-order valence-corrected chi connectivity index (χ3v) is 3.54. The number of para-hydroxylation sites is 1. The Morgan fingerprint density at radius 2 is 1.86 bits per heavy atom. The number of hydrogen-bond acceptors (Lipinski definition) is 3. The van der Waals surface area contributed by atoms with Crippen LogP contribution in [-0.4, -0.2) is 6.54 Å². The average molecular weight is 279 g/mol. The van der Waals surface area contributed by atoms with Crippen LogP contribution in [0.3, 0.4) is 0 Å². The first-order valence-corrected chi connectivity index (χ1v) is 7.07. The number of fused-ring (bicyclic) bond motifs is 1. The molecule has 0 aliphatic rings. The average Bonchev–Trinajstić information content (AvgIpc) is 2.47. The fourth-order valence-electron chi connectivity index (χ4n) is 2.53. The molecule has 0 aliphatic carbocycles. The lowest BCUT2D eigenvalue weighted by atomic mass is 10.0. The Morgan fingerprint density at radius 3 is 2.62 bits per heavy atom. The maximum atomic E-state index is 12.2. The predicted molar refractivity (Wildman–Crippen MR) is 86.8 cm³/mol. The van der Waals surface area contributed by atoms with E-state index in [0.29, 0.717) is 11.1 Å². The van der Waals surface area contributed by atoms with Gasteiger partial charge in [0.25, 0.3) is 0 Å². The third-order valence-electron chi connectivity index (χ3n) is 3.54. The molecule has 1 heterocycles. The van der Waals surface area contributed by atoms with Gasteiger partial charge in [0, 0.05) is 17.6 Å². The molecule has 1 N–H and O–H groups in total. The van der Waals surface area contributed by atoms with Crippen LogP contribution < -0.4 is 10.9 Å². The summed E-state index contributed by atoms with van der Waals surface area (Å²) in [6.07, 6.45) is 0. The molecule has 0 saturated heterocycles. The summed E-state index contributed by atoms with van der Waals surface area (Å²) in [7, 11) is 0. The maximum absolute atomic E-state index is 12.2. The highest BCUT2D eigenvalue weighted by Crippen LogP contribution is 2.26. The lowest BCUT2D eigenvalue weighted by Crippen LogP contribution is -2.04. The van der Waals surface area contributed by atoms with Crippen LogP contribution in [-0.2, 0) is 0 Å². The van der Waals surface area contributed by atoms with E-state index < -0.39 is 0 Å². The SMILES string of the molecule is CCNc1ccc(-c2cc3ccccc3oc2=O)c(C)c1. The monoisotopic (exact) mass is 279 g/mol. The molecule has 0 atom stereocenters. The first-order chi connectivity index (χ1) is 10.2. The van der Waals surface area contributed by atoms with Crippen molar-refractivity contribution >= 4 is 16.7 Å². The van der Waals surface area contributed by atoms with Gasteiger partial charge in [-0.05, 0) is 49.2 Å². The van der Waals surface area contributed by atoms with Gasteiger partial charge in [0.05, 0.1) is 5.56 Å². The van der Waals surface area contributed by atoms with Gasteiger partial charge in [-0.15, -0.1) is 0 Å². The molecule has 2 aromatic carbocycles. The number of aryl methyl sites for hydroxylation is 1. The number of hydrogen-bond donors (Lipinski definition) is 1. The normalized spacial score (nSPS) is 10.8. The second-order valence-electron chi connectivity index (χ2n) is 5.05. The number of nitrogens with one attached hydrogen (secondary N) is 1. The van der Waals surface area contributed by atoms with Crippen LogP contribution in [0.4, 0.5) is 5.69 Å². The lowest BCUT2D eigenvalue weighted by molar-refractivity contribution is 0.563. The van der Waals surface area contributed by atoms with Crippen molar-refractivity contribution in [2.45, 2.75) is 13.8 Å². The van der Waals surface area contributed by atoms with Crippen LogP contribution in [0.2, 0.25) is 0 Å². The van der Waals surface area contributed by atoms with Crippen molar-refractivity contribution in [3.8, 4) is 11.1 Å². The largest absolute Gasteiger partial charge is 0.422 e. The molecule has 0 fully saturated rings. The molecule has 0 amide bonds. The van der Waals surface area contributed by atoms with Gasteiger partial charge >= 0.3 is 5.63 Å². The molecule has 21 heavy (non-hydrogen) atoms. The topological polar surface area (TPSA) is 42.2 Å². The van der Waals surface area contributed by atoms with E-state index >= 15 is 0 Å². The highest BCUT2D eigenvalue weighted by molar-refractivity contribution is 5.82. The van der Waals surface area contributed by atoms with Crippen molar-refractivity contribution in [3.63, 3.8) is 0 Å². The lowest BCUT2D eigenvalue weighted by Gasteiger charge is -2.09. The molecule has 0 bridgehead atoms. The summed E-state index contributed by atoms with van der Waals surface area (Å²) in [4.78, 5) is 12.2. The maximum Gasteiger partial charge on any atom is 0.344 e. The smallest absolute Gasteiger partial charge is 0.344 e. The number of benzene rings is 2. The first kappa shape index (κ1) is 13.4. The van der Waals surface area contributed by atoms with E-state index in [1.807, 2.05) is 55.5 Å². The third kappa shape index (κ3) is 2.55. The van der Waals surface area contributed by atoms with Crippen molar-refractivity contribution in [2.75, 3.05) is 11.9 Å². The van der Waals surface area contributed by atoms with Gasteiger partial charge in [-0.2, -0.15) is 0 Å². The van der Waals surface area contributed by atoms with E-state index in [1.54, 1.807) is 0 Å². The molecular formula is C18H17NO2. The highest BCUT2D eigenvalue weighted by atomic mass is 16.4. The molecule has 0 saturated carbocycles. The van der Waals surface area contributed by atoms with Gasteiger partial charge in [-0.1, -0.05) is 24.3 Å². The summed E-state index contributed by atoms with van der Waals surface area (Å²) >= 11 is 0. The quantitative estimate of drug-likeness (QED) is 0.731. The number of anilines is 1. The van der Waals surface area contributed by atoms with Crippen LogP contribution in [0.1, 0.15) is 12.5 Å². The van der Waals surface area contributed by atoms with Gasteiger partial charge in [0.15, 0.2) is 0 Å². The second kappa shape index (κ2) is 5.44. The Bertz CT molecular complexity index is 849. The molecule has 0 aliphatic heterocycles. The summed E-state index contributed by atoms with van der Waals surface area (Å²) in [6.45, 7) is 4.93. The Hall–Kier alpha value is -2.55. The zero-order valence-electron chi connectivity index (χ0n) is 12.1. The molecule has 3 rings (SSSR count). The van der Waals surface area contributed by atoms with E-state index in [2.05, 4.69) is 12.2 Å². The molecule has 0 spiro atoms. The zero-order valence-corrected chi connectivity index (χ0v) is 12.1. The van der Waals surface area contributed by atoms with Crippen LogP contribution in [0.25, 0.3) is 22.1 Å². The molecule has 0 radical (unpaired) electrons. The fourth-order valence-corrected chi connectivity index (χ4v) is 2.53. The number of rotatable bonds is 3. The first-order valence-electron chi connectivity index (χ1n) is 7.07. The van der Waals surface area contributed by atoms with Crippen molar-refractivity contribution in [3.05, 3.63) is 64.5 Å². The molecule has 3 nitrogen and oxygen atoms in total. The molecule has 0 unspecified atom stereocenters. The standard InChI is InChI=1S/C18H17NO2/c1-3-19-14-8-9-15(12(2)10-14)16-11-13-6-4-5-7-17(13)21-18(16)20/h4-11,19H,3H2,1-2H3. The predicted octanol–water partition coefficient (Wildman–Crippen LogP) is 4.20. The minimum Gasteiger partial charge on any atom is -0.422 e. The summed E-state index contributed by atoms with van der Waals surface area (Å²) < 4.78 is 5.41. The Kier molecular flexibility index (Phi) is 3.48. The molecular weight excluding hydrogens is 262 g/mol. The van der Waals surface area contributed by atoms with Crippen molar-refractivity contribution < 1.29 is 4.42 Å². The molecule has 106 valence electrons. The summed E-state index contributed by atoms with van der Waals surface area (Å²) in [5, 5.41) is 4.20. The van der Waals surface area contributed by atoms with Crippen molar-refractivity contribution in [1.82, 2.24) is 0 Å². The van der Waals surface area contributed by atoms with E-state index in [-0.39, 0.29) is 5.63 Å². The van der Waals surface area contributed by atoms with Crippen LogP contribution in [0.5, 0.6) is 0 Å². The van der Waals surface area contributed by atoms with E-state index in [9.17, 15) is 4.79 Å². The van der Waals surface area contributed by atoms with Gasteiger partial charge in [0.1, 0.15) is 5.58 Å². The minimum atomic E-state index is -0.298.